The van der Waals surface area contributed by atoms with Crippen molar-refractivity contribution >= 4 is 23.1 Å². The number of hydrogen-bond acceptors (Lipinski definition) is 8. The van der Waals surface area contributed by atoms with Crippen LogP contribution in [0.4, 0.5) is 11.5 Å². The number of carbonyl (C=O) groups is 1. The molecular formula is C27H32N6O3. The van der Waals surface area contributed by atoms with Crippen molar-refractivity contribution in [2.75, 3.05) is 52.8 Å². The highest BCUT2D eigenvalue weighted by molar-refractivity contribution is 6.03. The van der Waals surface area contributed by atoms with Crippen molar-refractivity contribution in [2.24, 2.45) is 4.99 Å². The maximum Gasteiger partial charge on any atom is 0.246 e. The topological polar surface area (TPSA) is 92.2 Å². The fourth-order valence-electron chi connectivity index (χ4n) is 4.07. The largest absolute Gasteiger partial charge is 0.493 e. The molecule has 2 aliphatic rings. The monoisotopic (exact) mass is 488 g/mol. The highest BCUT2D eigenvalue weighted by atomic mass is 16.5. The van der Waals surface area contributed by atoms with E-state index in [1.54, 1.807) is 19.5 Å². The van der Waals surface area contributed by atoms with Gasteiger partial charge in [-0.1, -0.05) is 24.1 Å². The Bertz CT molecular complexity index is 1200. The highest BCUT2D eigenvalue weighted by Crippen LogP contribution is 2.31. The molecule has 4 rings (SSSR count). The molecule has 0 bridgehead atoms. The zero-order valence-corrected chi connectivity index (χ0v) is 21.0. The molecule has 1 aromatic carbocycles. The molecular weight excluding hydrogens is 456 g/mol. The lowest BCUT2D eigenvalue weighted by Gasteiger charge is -2.19. The van der Waals surface area contributed by atoms with Crippen molar-refractivity contribution in [1.82, 2.24) is 19.8 Å². The van der Waals surface area contributed by atoms with Crippen molar-refractivity contribution in [3.63, 3.8) is 0 Å². The van der Waals surface area contributed by atoms with Crippen LogP contribution in [0.2, 0.25) is 0 Å². The Balaban J connectivity index is 1.37. The van der Waals surface area contributed by atoms with Gasteiger partial charge in [0.05, 0.1) is 18.5 Å². The molecule has 1 atom stereocenters. The standard InChI is InChI=1S/C27H32N6O3/c1-32(2)15-6-11-25(34)33-16-14-21(18-33)31-27-26-22(28-19-29-27)13-12-20(30-26)8-7-17-36-24-10-5-4-9-23(24)35-3/h4-6,9-11,19,21H,12-18H2,1-3H3,(H,28,29,31)/b11-6+. The number of methoxy groups -OCH3 is 1. The number of benzene rings is 1. The molecule has 36 heavy (non-hydrogen) atoms. The number of rotatable bonds is 8. The second-order valence-electron chi connectivity index (χ2n) is 8.90. The van der Waals surface area contributed by atoms with Crippen LogP contribution in [0.5, 0.6) is 11.5 Å². The number of anilines is 1. The molecule has 2 aliphatic heterocycles. The first-order valence-corrected chi connectivity index (χ1v) is 12.1. The van der Waals surface area contributed by atoms with Crippen LogP contribution < -0.4 is 14.8 Å². The Morgan fingerprint density at radius 3 is 2.89 bits per heavy atom. The first kappa shape index (κ1) is 25.2. The fraction of sp³-hybridized carbons (Fsp3) is 0.407. The molecule has 1 saturated heterocycles. The number of likely N-dealkylation sites (tertiary alicyclic amines) is 1. The van der Waals surface area contributed by atoms with Crippen molar-refractivity contribution in [1.29, 1.82) is 0 Å². The van der Waals surface area contributed by atoms with Gasteiger partial charge in [-0.3, -0.25) is 4.79 Å². The SMILES string of the molecule is COc1ccccc1OCC#CC1=Nc2c(ncnc2NC2CCN(C(=O)/C=C/CN(C)C)C2)CC1. The number of amides is 1. The lowest BCUT2D eigenvalue weighted by Crippen LogP contribution is -2.30. The number of aromatic nitrogens is 2. The lowest BCUT2D eigenvalue weighted by molar-refractivity contribution is -0.125. The van der Waals surface area contributed by atoms with Gasteiger partial charge < -0.3 is 24.6 Å². The fourth-order valence-corrected chi connectivity index (χ4v) is 4.07. The third-order valence-corrected chi connectivity index (χ3v) is 5.92. The van der Waals surface area contributed by atoms with E-state index < -0.39 is 0 Å². The van der Waals surface area contributed by atoms with Gasteiger partial charge in [-0.2, -0.15) is 0 Å². The smallest absolute Gasteiger partial charge is 0.246 e. The van der Waals surface area contributed by atoms with E-state index in [2.05, 4.69) is 27.1 Å². The number of carbonyl (C=O) groups excluding carboxylic acids is 1. The van der Waals surface area contributed by atoms with Crippen molar-refractivity contribution in [2.45, 2.75) is 25.3 Å². The summed E-state index contributed by atoms with van der Waals surface area (Å²) >= 11 is 0. The number of hydrogen-bond donors (Lipinski definition) is 1. The zero-order chi connectivity index (χ0) is 25.3. The predicted octanol–water partition coefficient (Wildman–Crippen LogP) is 2.72. The number of ether oxygens (including phenoxy) is 2. The molecule has 1 unspecified atom stereocenters. The summed E-state index contributed by atoms with van der Waals surface area (Å²) in [5.74, 6) is 8.23. The lowest BCUT2D eigenvalue weighted by atomic mass is 10.1. The van der Waals surface area contributed by atoms with Crippen molar-refractivity contribution < 1.29 is 14.3 Å². The summed E-state index contributed by atoms with van der Waals surface area (Å²) in [4.78, 5) is 30.0. The third-order valence-electron chi connectivity index (χ3n) is 5.92. The molecule has 1 amide bonds. The van der Waals surface area contributed by atoms with E-state index in [9.17, 15) is 4.79 Å². The van der Waals surface area contributed by atoms with E-state index in [1.165, 1.54) is 0 Å². The molecule has 0 aliphatic carbocycles. The summed E-state index contributed by atoms with van der Waals surface area (Å²) in [7, 11) is 5.56. The Kier molecular flexibility index (Phi) is 8.53. The van der Waals surface area contributed by atoms with Crippen molar-refractivity contribution in [3.8, 4) is 23.3 Å². The minimum atomic E-state index is 0.0387. The first-order chi connectivity index (χ1) is 17.5. The third kappa shape index (κ3) is 6.61. The van der Waals surface area contributed by atoms with Gasteiger partial charge in [0.2, 0.25) is 5.91 Å². The number of para-hydroxylation sites is 2. The van der Waals surface area contributed by atoms with Gasteiger partial charge in [0, 0.05) is 38.2 Å². The Labute approximate surface area is 212 Å². The van der Waals surface area contributed by atoms with Crippen LogP contribution in [0, 0.1) is 11.8 Å². The summed E-state index contributed by atoms with van der Waals surface area (Å²) in [6.45, 7) is 2.31. The number of fused-ring (bicyclic) bond motifs is 1. The average molecular weight is 489 g/mol. The molecule has 0 saturated carbocycles. The Morgan fingerprint density at radius 2 is 2.08 bits per heavy atom. The number of aryl methyl sites for hydroxylation is 1. The van der Waals surface area contributed by atoms with Crippen LogP contribution in [-0.2, 0) is 11.2 Å². The normalized spacial score (nSPS) is 16.8. The molecule has 9 heteroatoms. The van der Waals surface area contributed by atoms with Gasteiger partial charge in [-0.15, -0.1) is 0 Å². The zero-order valence-electron chi connectivity index (χ0n) is 21.0. The van der Waals surface area contributed by atoms with E-state index in [0.29, 0.717) is 30.4 Å². The first-order valence-electron chi connectivity index (χ1n) is 12.1. The van der Waals surface area contributed by atoms with E-state index in [4.69, 9.17) is 14.5 Å². The van der Waals surface area contributed by atoms with Crippen LogP contribution in [-0.4, -0.2) is 84.9 Å². The number of aliphatic imine (C=N–C) groups is 1. The summed E-state index contributed by atoms with van der Waals surface area (Å²) in [6, 6.07) is 7.59. The molecule has 188 valence electrons. The molecule has 2 aromatic rings. The van der Waals surface area contributed by atoms with E-state index >= 15 is 0 Å². The maximum absolute atomic E-state index is 12.5. The maximum atomic E-state index is 12.5. The van der Waals surface area contributed by atoms with E-state index in [1.807, 2.05) is 54.2 Å². The summed E-state index contributed by atoms with van der Waals surface area (Å²) in [5, 5.41) is 3.48. The number of likely N-dealkylation sites (N-methyl/N-ethyl adjacent to an activating group) is 1. The van der Waals surface area contributed by atoms with Crippen LogP contribution >= 0.6 is 0 Å². The predicted molar refractivity (Wildman–Crippen MR) is 140 cm³/mol. The van der Waals surface area contributed by atoms with Crippen LogP contribution in [0.3, 0.4) is 0 Å². The molecule has 0 radical (unpaired) electrons. The second-order valence-corrected chi connectivity index (χ2v) is 8.90. The molecule has 9 nitrogen and oxygen atoms in total. The van der Waals surface area contributed by atoms with E-state index in [-0.39, 0.29) is 18.6 Å². The molecule has 1 aromatic heterocycles. The Hall–Kier alpha value is -3.90. The van der Waals surface area contributed by atoms with Crippen molar-refractivity contribution in [3.05, 3.63) is 48.4 Å². The highest BCUT2D eigenvalue weighted by Gasteiger charge is 2.27. The second kappa shape index (κ2) is 12.2. The van der Waals surface area contributed by atoms with Gasteiger partial charge in [0.25, 0.3) is 0 Å². The minimum absolute atomic E-state index is 0.0387. The summed E-state index contributed by atoms with van der Waals surface area (Å²) in [6.07, 6.45) is 7.43. The molecule has 1 fully saturated rings. The van der Waals surface area contributed by atoms with Gasteiger partial charge in [-0.25, -0.2) is 15.0 Å². The van der Waals surface area contributed by atoms with Crippen LogP contribution in [0.25, 0.3) is 0 Å². The van der Waals surface area contributed by atoms with Gasteiger partial charge in [-0.05, 0) is 45.0 Å². The molecule has 3 heterocycles. The average Bonchev–Trinajstić information content (AvgIpc) is 3.35. The van der Waals surface area contributed by atoms with Crippen LogP contribution in [0.15, 0.2) is 47.7 Å². The summed E-state index contributed by atoms with van der Waals surface area (Å²) < 4.78 is 11.0. The quantitative estimate of drug-likeness (QED) is 0.451. The van der Waals surface area contributed by atoms with Gasteiger partial charge in [0.1, 0.15) is 18.6 Å². The van der Waals surface area contributed by atoms with E-state index in [0.717, 1.165) is 42.9 Å². The molecule has 0 spiro atoms. The van der Waals surface area contributed by atoms with Gasteiger partial charge in [0.15, 0.2) is 17.3 Å². The number of nitrogens with one attached hydrogen (secondary N) is 1. The molecule has 1 N–H and O–H groups in total. The van der Waals surface area contributed by atoms with Gasteiger partial charge >= 0.3 is 0 Å². The minimum Gasteiger partial charge on any atom is -0.493 e. The van der Waals surface area contributed by atoms with Crippen LogP contribution in [0.1, 0.15) is 18.5 Å². The number of nitrogens with zero attached hydrogens (tertiary/aromatic N) is 5. The Morgan fingerprint density at radius 1 is 1.25 bits per heavy atom. The summed E-state index contributed by atoms with van der Waals surface area (Å²) in [5.41, 5.74) is 2.41.